The van der Waals surface area contributed by atoms with Gasteiger partial charge in [-0.15, -0.1) is 11.3 Å². The van der Waals surface area contributed by atoms with Gasteiger partial charge in [-0.25, -0.2) is 4.21 Å². The number of rotatable bonds is 2. The Hall–Kier alpha value is -0.160. The molecular weight excluding hydrogens is 316 g/mol. The highest BCUT2D eigenvalue weighted by Gasteiger charge is 2.12. The molecule has 1 atom stereocenters. The Bertz CT molecular complexity index is 510. The van der Waals surface area contributed by atoms with Crippen molar-refractivity contribution >= 4 is 49.7 Å². The van der Waals surface area contributed by atoms with Crippen LogP contribution in [0.1, 0.15) is 0 Å². The molecule has 0 aliphatic carbocycles. The number of thiophene rings is 1. The monoisotopic (exact) mass is 320 g/mol. The molecule has 0 radical (unpaired) electrons. The Kier molecular flexibility index (Phi) is 3.61. The largest absolute Gasteiger partial charge is 0.249 e. The minimum Gasteiger partial charge on any atom is -0.249 e. The zero-order valence-corrected chi connectivity index (χ0v) is 11.4. The number of hydrogen-bond acceptors (Lipinski definition) is 2. The van der Waals surface area contributed by atoms with Crippen molar-refractivity contribution < 1.29 is 4.21 Å². The molecule has 0 amide bonds. The molecule has 1 aromatic heterocycles. The quantitative estimate of drug-likeness (QED) is 0.804. The first-order valence-electron chi connectivity index (χ1n) is 4.09. The lowest BCUT2D eigenvalue weighted by Gasteiger charge is -2.00. The topological polar surface area (TPSA) is 17.1 Å². The molecule has 1 aromatic carbocycles. The molecule has 0 saturated heterocycles. The molecule has 2 rings (SSSR count). The summed E-state index contributed by atoms with van der Waals surface area (Å²) in [5.41, 5.74) is 0. The van der Waals surface area contributed by atoms with Gasteiger partial charge in [0.2, 0.25) is 0 Å². The standard InChI is InChI=1S/C10H6BrClOS2/c11-7-2-1-3-8(6-7)15(13)9-4-5-14-10(9)12/h1-6H. The molecule has 0 N–H and O–H groups in total. The van der Waals surface area contributed by atoms with Crippen molar-refractivity contribution in [2.75, 3.05) is 0 Å². The van der Waals surface area contributed by atoms with E-state index in [1.165, 1.54) is 11.3 Å². The van der Waals surface area contributed by atoms with Gasteiger partial charge >= 0.3 is 0 Å². The second kappa shape index (κ2) is 4.78. The summed E-state index contributed by atoms with van der Waals surface area (Å²) in [4.78, 5) is 1.43. The molecule has 1 unspecified atom stereocenters. The van der Waals surface area contributed by atoms with Crippen LogP contribution in [0, 0.1) is 0 Å². The Morgan fingerprint density at radius 3 is 2.73 bits per heavy atom. The van der Waals surface area contributed by atoms with E-state index < -0.39 is 10.8 Å². The summed E-state index contributed by atoms with van der Waals surface area (Å²) in [6, 6.07) is 9.22. The second-order valence-corrected chi connectivity index (χ2v) is 6.67. The first-order valence-corrected chi connectivity index (χ1v) is 7.29. The Morgan fingerprint density at radius 2 is 2.13 bits per heavy atom. The van der Waals surface area contributed by atoms with Crippen LogP contribution in [0.25, 0.3) is 0 Å². The summed E-state index contributed by atoms with van der Waals surface area (Å²) in [7, 11) is -1.19. The Labute approximate surface area is 108 Å². The average Bonchev–Trinajstić information content (AvgIpc) is 2.63. The third-order valence-electron chi connectivity index (χ3n) is 1.79. The predicted molar refractivity (Wildman–Crippen MR) is 68.1 cm³/mol. The third-order valence-corrected chi connectivity index (χ3v) is 5.12. The average molecular weight is 322 g/mol. The van der Waals surface area contributed by atoms with Gasteiger partial charge in [-0.1, -0.05) is 33.6 Å². The fourth-order valence-electron chi connectivity index (χ4n) is 1.12. The minimum atomic E-state index is -1.19. The van der Waals surface area contributed by atoms with Crippen molar-refractivity contribution in [2.24, 2.45) is 0 Å². The Balaban J connectivity index is 2.41. The van der Waals surface area contributed by atoms with E-state index in [1.807, 2.05) is 29.6 Å². The van der Waals surface area contributed by atoms with Crippen LogP contribution in [-0.4, -0.2) is 4.21 Å². The van der Waals surface area contributed by atoms with Gasteiger partial charge in [0.25, 0.3) is 0 Å². The SMILES string of the molecule is O=S(c1cccc(Br)c1)c1ccsc1Cl. The van der Waals surface area contributed by atoms with Gasteiger partial charge in [-0.05, 0) is 29.6 Å². The lowest BCUT2D eigenvalue weighted by Crippen LogP contribution is -1.90. The summed E-state index contributed by atoms with van der Waals surface area (Å²) >= 11 is 10.7. The normalized spacial score (nSPS) is 12.7. The molecule has 78 valence electrons. The summed E-state index contributed by atoms with van der Waals surface area (Å²) in [5.74, 6) is 0. The first kappa shape index (κ1) is 11.3. The lowest BCUT2D eigenvalue weighted by atomic mass is 10.4. The number of hydrogen-bond donors (Lipinski definition) is 0. The van der Waals surface area contributed by atoms with Crippen LogP contribution in [0.15, 0.2) is 50.0 Å². The summed E-state index contributed by atoms with van der Waals surface area (Å²) in [6.45, 7) is 0. The molecule has 0 spiro atoms. The van der Waals surface area contributed by atoms with Gasteiger partial charge in [0, 0.05) is 9.37 Å². The van der Waals surface area contributed by atoms with Crippen LogP contribution in [0.5, 0.6) is 0 Å². The fraction of sp³-hybridized carbons (Fsp3) is 0. The summed E-state index contributed by atoms with van der Waals surface area (Å²) < 4.78 is 13.6. The molecule has 0 aliphatic heterocycles. The number of halogens is 2. The van der Waals surface area contributed by atoms with Gasteiger partial charge in [0.15, 0.2) is 0 Å². The highest BCUT2D eigenvalue weighted by molar-refractivity contribution is 9.10. The van der Waals surface area contributed by atoms with E-state index in [4.69, 9.17) is 11.6 Å². The van der Waals surface area contributed by atoms with Crippen molar-refractivity contribution in [3.8, 4) is 0 Å². The maximum Gasteiger partial charge on any atom is 0.109 e. The number of benzene rings is 1. The molecule has 1 nitrogen and oxygen atoms in total. The van der Waals surface area contributed by atoms with E-state index in [0.29, 0.717) is 9.23 Å². The van der Waals surface area contributed by atoms with Crippen LogP contribution >= 0.6 is 38.9 Å². The van der Waals surface area contributed by atoms with Gasteiger partial charge in [-0.2, -0.15) is 0 Å². The second-order valence-electron chi connectivity index (χ2n) is 2.78. The highest BCUT2D eigenvalue weighted by atomic mass is 79.9. The molecule has 2 aromatic rings. The van der Waals surface area contributed by atoms with Crippen LogP contribution in [-0.2, 0) is 10.8 Å². The molecule has 0 bridgehead atoms. The molecule has 1 heterocycles. The Morgan fingerprint density at radius 1 is 1.33 bits per heavy atom. The molecule has 5 heteroatoms. The zero-order valence-electron chi connectivity index (χ0n) is 7.44. The van der Waals surface area contributed by atoms with Crippen molar-refractivity contribution in [2.45, 2.75) is 9.79 Å². The maximum atomic E-state index is 12.1. The minimum absolute atomic E-state index is 0.591. The van der Waals surface area contributed by atoms with Crippen molar-refractivity contribution in [3.63, 3.8) is 0 Å². The summed E-state index contributed by atoms with van der Waals surface area (Å²) in [6.07, 6.45) is 0. The first-order chi connectivity index (χ1) is 7.18. The van der Waals surface area contributed by atoms with E-state index in [-0.39, 0.29) is 0 Å². The molecule has 0 aliphatic rings. The van der Waals surface area contributed by atoms with E-state index in [2.05, 4.69) is 15.9 Å². The van der Waals surface area contributed by atoms with Gasteiger partial charge < -0.3 is 0 Å². The van der Waals surface area contributed by atoms with Crippen LogP contribution < -0.4 is 0 Å². The molecule has 15 heavy (non-hydrogen) atoms. The lowest BCUT2D eigenvalue weighted by molar-refractivity contribution is 0.683. The van der Waals surface area contributed by atoms with E-state index in [9.17, 15) is 4.21 Å². The van der Waals surface area contributed by atoms with Gasteiger partial charge in [0.1, 0.15) is 4.34 Å². The van der Waals surface area contributed by atoms with Gasteiger partial charge in [0.05, 0.1) is 15.7 Å². The van der Waals surface area contributed by atoms with Crippen molar-refractivity contribution in [1.29, 1.82) is 0 Å². The zero-order chi connectivity index (χ0) is 10.8. The van der Waals surface area contributed by atoms with Crippen LogP contribution in [0.2, 0.25) is 4.34 Å². The van der Waals surface area contributed by atoms with Gasteiger partial charge in [-0.3, -0.25) is 0 Å². The maximum absolute atomic E-state index is 12.1. The van der Waals surface area contributed by atoms with Crippen molar-refractivity contribution in [1.82, 2.24) is 0 Å². The van der Waals surface area contributed by atoms with Crippen LogP contribution in [0.3, 0.4) is 0 Å². The predicted octanol–water partition coefficient (Wildman–Crippen LogP) is 4.33. The molecule has 0 fully saturated rings. The molecule has 0 saturated carbocycles. The van der Waals surface area contributed by atoms with E-state index in [1.54, 1.807) is 6.07 Å². The fourth-order valence-corrected chi connectivity index (χ4v) is 4.09. The summed E-state index contributed by atoms with van der Waals surface area (Å²) in [5, 5.41) is 1.84. The van der Waals surface area contributed by atoms with Crippen molar-refractivity contribution in [3.05, 3.63) is 44.5 Å². The van der Waals surface area contributed by atoms with E-state index >= 15 is 0 Å². The highest BCUT2D eigenvalue weighted by Crippen LogP contribution is 2.29. The third kappa shape index (κ3) is 2.50. The van der Waals surface area contributed by atoms with Crippen LogP contribution in [0.4, 0.5) is 0 Å². The van der Waals surface area contributed by atoms with E-state index in [0.717, 1.165) is 9.37 Å². The smallest absolute Gasteiger partial charge is 0.109 e. The molecular formula is C10H6BrClOS2.